The quantitative estimate of drug-likeness (QED) is 0.264. The molecule has 0 bridgehead atoms. The molecule has 0 aliphatic carbocycles. The van der Waals surface area contributed by atoms with Crippen LogP contribution in [0.1, 0.15) is 31.2 Å². The van der Waals surface area contributed by atoms with Crippen molar-refractivity contribution in [1.82, 2.24) is 10.6 Å². The van der Waals surface area contributed by atoms with Gasteiger partial charge in [0.2, 0.25) is 11.8 Å². The van der Waals surface area contributed by atoms with E-state index in [2.05, 4.69) is 10.6 Å². The molecule has 0 aliphatic rings. The normalized spacial score (nSPS) is 14.0. The van der Waals surface area contributed by atoms with Crippen LogP contribution in [0.4, 0.5) is 0 Å². The summed E-state index contributed by atoms with van der Waals surface area (Å²) in [5, 5.41) is 5.48. The lowest BCUT2D eigenvalue weighted by Crippen LogP contribution is -2.54. The minimum Gasteiger partial charge on any atom is -0.345 e. The third-order valence-electron chi connectivity index (χ3n) is 4.35. The number of hydrogen-bond donors (Lipinski definition) is 4. The molecule has 3 atom stereocenters. The molecule has 28 heavy (non-hydrogen) atoms. The van der Waals surface area contributed by atoms with E-state index in [1.54, 1.807) is 11.8 Å². The molecule has 6 N–H and O–H groups in total. The molecule has 2 amide bonds. The summed E-state index contributed by atoms with van der Waals surface area (Å²) >= 11 is 1.61. The summed E-state index contributed by atoms with van der Waals surface area (Å²) < 4.78 is 0. The highest BCUT2D eigenvalue weighted by Crippen LogP contribution is 2.06. The Morgan fingerprint density at radius 1 is 1.11 bits per heavy atom. The molecule has 0 fully saturated rings. The van der Waals surface area contributed by atoms with E-state index >= 15 is 0 Å². The maximum atomic E-state index is 12.8. The third kappa shape index (κ3) is 9.34. The number of nitrogens with two attached hydrogens (primary N) is 2. The number of benzene rings is 1. The smallest absolute Gasteiger partial charge is 0.243 e. The molecular weight excluding hydrogens is 376 g/mol. The fourth-order valence-corrected chi connectivity index (χ4v) is 3.17. The summed E-state index contributed by atoms with van der Waals surface area (Å²) in [6.45, 7) is 0.542. The van der Waals surface area contributed by atoms with Gasteiger partial charge in [-0.05, 0) is 49.8 Å². The molecular formula is C20H32N4O3S. The molecule has 7 nitrogen and oxygen atoms in total. The van der Waals surface area contributed by atoms with Crippen LogP contribution in [0.25, 0.3) is 0 Å². The van der Waals surface area contributed by atoms with Crippen LogP contribution in [0.3, 0.4) is 0 Å². The van der Waals surface area contributed by atoms with Gasteiger partial charge in [0.15, 0.2) is 0 Å². The van der Waals surface area contributed by atoms with Gasteiger partial charge in [0.25, 0.3) is 0 Å². The average Bonchev–Trinajstić information content (AvgIpc) is 2.71. The number of thioether (sulfide) groups is 1. The Hall–Kier alpha value is -1.90. The monoisotopic (exact) mass is 408 g/mol. The topological polar surface area (TPSA) is 127 Å². The van der Waals surface area contributed by atoms with Crippen LogP contribution in [0.15, 0.2) is 30.3 Å². The van der Waals surface area contributed by atoms with Gasteiger partial charge in [0.05, 0.1) is 12.1 Å². The van der Waals surface area contributed by atoms with Crippen LogP contribution in [0, 0.1) is 0 Å². The van der Waals surface area contributed by atoms with Crippen molar-refractivity contribution >= 4 is 29.9 Å². The maximum absolute atomic E-state index is 12.8. The second-order valence-corrected chi connectivity index (χ2v) is 7.66. The summed E-state index contributed by atoms with van der Waals surface area (Å²) in [6, 6.07) is 7.33. The highest BCUT2D eigenvalue weighted by atomic mass is 32.2. The molecule has 0 aromatic heterocycles. The van der Waals surface area contributed by atoms with E-state index in [4.69, 9.17) is 11.5 Å². The van der Waals surface area contributed by atoms with Gasteiger partial charge in [-0.1, -0.05) is 30.3 Å². The predicted molar refractivity (Wildman–Crippen MR) is 114 cm³/mol. The van der Waals surface area contributed by atoms with Gasteiger partial charge in [-0.15, -0.1) is 0 Å². The molecule has 0 saturated heterocycles. The van der Waals surface area contributed by atoms with Crippen LogP contribution >= 0.6 is 11.8 Å². The average molecular weight is 409 g/mol. The standard InChI is InChI=1S/C20H32N4O3S/c1-28-12-10-17(22)19(26)24-18(13-15-7-3-2-4-8-15)20(27)23-16(14-25)9-5-6-11-21/h2-4,7-8,14,16-18H,5-6,9-13,21-22H2,1H3,(H,23,27)(H,24,26)/t16-,17-,18-/m0/s1. The minimum absolute atomic E-state index is 0.321. The molecule has 0 spiro atoms. The molecule has 0 saturated carbocycles. The van der Waals surface area contributed by atoms with Crippen LogP contribution < -0.4 is 22.1 Å². The molecule has 0 heterocycles. The zero-order valence-corrected chi connectivity index (χ0v) is 17.3. The first-order valence-electron chi connectivity index (χ1n) is 9.56. The van der Waals surface area contributed by atoms with Gasteiger partial charge in [0, 0.05) is 6.42 Å². The number of aldehydes is 1. The Morgan fingerprint density at radius 2 is 1.82 bits per heavy atom. The highest BCUT2D eigenvalue weighted by Gasteiger charge is 2.25. The van der Waals surface area contributed by atoms with E-state index in [0.717, 1.165) is 30.4 Å². The van der Waals surface area contributed by atoms with Gasteiger partial charge in [-0.25, -0.2) is 0 Å². The van der Waals surface area contributed by atoms with Crippen molar-refractivity contribution in [3.8, 4) is 0 Å². The molecule has 8 heteroatoms. The van der Waals surface area contributed by atoms with Crippen molar-refractivity contribution in [2.45, 2.75) is 50.2 Å². The number of amides is 2. The second-order valence-electron chi connectivity index (χ2n) is 6.67. The van der Waals surface area contributed by atoms with Crippen molar-refractivity contribution in [3.05, 3.63) is 35.9 Å². The Morgan fingerprint density at radius 3 is 2.43 bits per heavy atom. The minimum atomic E-state index is -0.799. The number of rotatable bonds is 14. The first-order valence-corrected chi connectivity index (χ1v) is 11.0. The third-order valence-corrected chi connectivity index (χ3v) is 4.99. The zero-order valence-electron chi connectivity index (χ0n) is 16.4. The summed E-state index contributed by atoms with van der Waals surface area (Å²) in [5.74, 6) is 0.00780. The van der Waals surface area contributed by atoms with E-state index in [1.807, 2.05) is 36.6 Å². The van der Waals surface area contributed by atoms with Crippen LogP contribution in [-0.2, 0) is 20.8 Å². The van der Waals surface area contributed by atoms with Gasteiger partial charge < -0.3 is 26.9 Å². The summed E-state index contributed by atoms with van der Waals surface area (Å²) in [6.07, 6.45) is 5.57. The van der Waals surface area contributed by atoms with E-state index in [-0.39, 0.29) is 11.8 Å². The van der Waals surface area contributed by atoms with Gasteiger partial charge >= 0.3 is 0 Å². The van der Waals surface area contributed by atoms with Crippen molar-refractivity contribution in [2.24, 2.45) is 11.5 Å². The summed E-state index contributed by atoms with van der Waals surface area (Å²) in [4.78, 5) is 36.5. The van der Waals surface area contributed by atoms with Gasteiger partial charge in [-0.2, -0.15) is 11.8 Å². The number of carbonyl (C=O) groups is 3. The lowest BCUT2D eigenvalue weighted by Gasteiger charge is -2.22. The molecule has 1 aromatic carbocycles. The number of hydrogen-bond acceptors (Lipinski definition) is 6. The Kier molecular flexibility index (Phi) is 12.2. The Labute approximate surface area is 171 Å². The molecule has 0 radical (unpaired) electrons. The van der Waals surface area contributed by atoms with Crippen LogP contribution in [-0.4, -0.2) is 54.8 Å². The maximum Gasteiger partial charge on any atom is 0.243 e. The van der Waals surface area contributed by atoms with E-state index < -0.39 is 18.1 Å². The highest BCUT2D eigenvalue weighted by molar-refractivity contribution is 7.98. The fraction of sp³-hybridized carbons (Fsp3) is 0.550. The van der Waals surface area contributed by atoms with E-state index in [0.29, 0.717) is 25.8 Å². The number of unbranched alkanes of at least 4 members (excludes halogenated alkanes) is 1. The molecule has 1 rings (SSSR count). The first kappa shape index (κ1) is 24.1. The molecule has 1 aromatic rings. The van der Waals surface area contributed by atoms with Gasteiger partial charge in [-0.3, -0.25) is 9.59 Å². The Balaban J connectivity index is 2.79. The van der Waals surface area contributed by atoms with E-state index in [1.165, 1.54) is 0 Å². The van der Waals surface area contributed by atoms with Crippen LogP contribution in [0.5, 0.6) is 0 Å². The zero-order chi connectivity index (χ0) is 20.8. The molecule has 0 aliphatic heterocycles. The largest absolute Gasteiger partial charge is 0.345 e. The van der Waals surface area contributed by atoms with Crippen LogP contribution in [0.2, 0.25) is 0 Å². The number of nitrogens with one attached hydrogen (secondary N) is 2. The Bertz CT molecular complexity index is 600. The van der Waals surface area contributed by atoms with Crippen molar-refractivity contribution < 1.29 is 14.4 Å². The number of carbonyl (C=O) groups excluding carboxylic acids is 3. The van der Waals surface area contributed by atoms with Crippen molar-refractivity contribution in [3.63, 3.8) is 0 Å². The van der Waals surface area contributed by atoms with Crippen molar-refractivity contribution in [2.75, 3.05) is 18.6 Å². The SMILES string of the molecule is CSCC[C@H](N)C(=O)N[C@@H](Cc1ccccc1)C(=O)N[C@H](C=O)CCCCN. The molecule has 156 valence electrons. The molecule has 0 unspecified atom stereocenters. The fourth-order valence-electron chi connectivity index (χ4n) is 2.68. The summed E-state index contributed by atoms with van der Waals surface area (Å²) in [7, 11) is 0. The van der Waals surface area contributed by atoms with E-state index in [9.17, 15) is 14.4 Å². The summed E-state index contributed by atoms with van der Waals surface area (Å²) in [5.41, 5.74) is 12.3. The lowest BCUT2D eigenvalue weighted by atomic mass is 10.0. The van der Waals surface area contributed by atoms with Gasteiger partial charge in [0.1, 0.15) is 12.3 Å². The lowest BCUT2D eigenvalue weighted by molar-refractivity contribution is -0.130. The predicted octanol–water partition coefficient (Wildman–Crippen LogP) is 0.607. The first-order chi connectivity index (χ1) is 13.5. The van der Waals surface area contributed by atoms with Crippen molar-refractivity contribution in [1.29, 1.82) is 0 Å². The second kappa shape index (κ2) is 14.1.